The summed E-state index contributed by atoms with van der Waals surface area (Å²) in [4.78, 5) is 11.0. The number of aromatic carboxylic acids is 1. The molecular formula is C19H20F3NO3. The lowest BCUT2D eigenvalue weighted by Gasteiger charge is -2.20. The van der Waals surface area contributed by atoms with Crippen molar-refractivity contribution in [2.75, 3.05) is 13.7 Å². The van der Waals surface area contributed by atoms with Gasteiger partial charge in [0.1, 0.15) is 0 Å². The Bertz CT molecular complexity index is 747. The molecule has 0 heterocycles. The lowest BCUT2D eigenvalue weighted by atomic mass is 10.0. The fourth-order valence-electron chi connectivity index (χ4n) is 2.61. The molecule has 0 aliphatic carbocycles. The van der Waals surface area contributed by atoms with Crippen LogP contribution in [0.5, 0.6) is 0 Å². The summed E-state index contributed by atoms with van der Waals surface area (Å²) in [7, 11) is 1.53. The van der Waals surface area contributed by atoms with Crippen molar-refractivity contribution in [3.8, 4) is 0 Å². The Hall–Kier alpha value is -2.38. The van der Waals surface area contributed by atoms with Crippen LogP contribution in [-0.4, -0.2) is 24.8 Å². The van der Waals surface area contributed by atoms with E-state index in [0.29, 0.717) is 25.1 Å². The maximum Gasteiger partial charge on any atom is 0.416 e. The zero-order chi connectivity index (χ0) is 19.2. The van der Waals surface area contributed by atoms with Crippen LogP contribution in [0.3, 0.4) is 0 Å². The molecule has 4 nitrogen and oxygen atoms in total. The Kier molecular flexibility index (Phi) is 6.76. The molecule has 2 N–H and O–H groups in total. The number of hydrogen-bond donors (Lipinski definition) is 2. The van der Waals surface area contributed by atoms with Crippen molar-refractivity contribution in [2.45, 2.75) is 25.2 Å². The molecule has 0 spiro atoms. The molecule has 0 aliphatic rings. The Morgan fingerprint density at radius 1 is 1.19 bits per heavy atom. The maximum atomic E-state index is 13.0. The van der Waals surface area contributed by atoms with E-state index in [2.05, 4.69) is 5.32 Å². The van der Waals surface area contributed by atoms with E-state index in [1.54, 1.807) is 18.2 Å². The lowest BCUT2D eigenvalue weighted by Crippen LogP contribution is -2.23. The quantitative estimate of drug-likeness (QED) is 0.732. The second-order valence-corrected chi connectivity index (χ2v) is 5.84. The number of halogens is 3. The van der Waals surface area contributed by atoms with Gasteiger partial charge in [0.15, 0.2) is 0 Å². The molecule has 2 rings (SSSR count). The fourth-order valence-corrected chi connectivity index (χ4v) is 2.61. The summed E-state index contributed by atoms with van der Waals surface area (Å²) in [6.45, 7) is 0.703. The number of nitrogens with one attached hydrogen (secondary N) is 1. The van der Waals surface area contributed by atoms with Crippen molar-refractivity contribution in [2.24, 2.45) is 0 Å². The fraction of sp³-hybridized carbons (Fsp3) is 0.316. The van der Waals surface area contributed by atoms with Gasteiger partial charge < -0.3 is 15.2 Å². The summed E-state index contributed by atoms with van der Waals surface area (Å²) in [5.41, 5.74) is 0.703. The smallest absolute Gasteiger partial charge is 0.416 e. The summed E-state index contributed by atoms with van der Waals surface area (Å²) in [6.07, 6.45) is -3.92. The van der Waals surface area contributed by atoms with Crippen molar-refractivity contribution in [1.82, 2.24) is 5.32 Å². The summed E-state index contributed by atoms with van der Waals surface area (Å²) >= 11 is 0. The molecule has 1 atom stereocenters. The van der Waals surface area contributed by atoms with Crippen molar-refractivity contribution in [3.05, 3.63) is 70.8 Å². The highest BCUT2D eigenvalue weighted by Crippen LogP contribution is 2.31. The van der Waals surface area contributed by atoms with Crippen LogP contribution in [0.4, 0.5) is 13.2 Å². The van der Waals surface area contributed by atoms with Crippen LogP contribution in [0.1, 0.15) is 39.5 Å². The van der Waals surface area contributed by atoms with E-state index < -0.39 is 17.7 Å². The van der Waals surface area contributed by atoms with Gasteiger partial charge in [0.05, 0.1) is 11.1 Å². The first-order valence-corrected chi connectivity index (χ1v) is 8.03. The molecule has 0 saturated carbocycles. The number of carboxylic acids is 1. The Morgan fingerprint density at radius 3 is 2.58 bits per heavy atom. The SMILES string of the molecule is COCCC(NCc1cccc(C(=O)O)c1)c1cccc(C(F)(F)F)c1. The van der Waals surface area contributed by atoms with Crippen LogP contribution in [0.25, 0.3) is 0 Å². The van der Waals surface area contributed by atoms with Crippen LogP contribution in [0.2, 0.25) is 0 Å². The molecule has 26 heavy (non-hydrogen) atoms. The predicted molar refractivity (Wildman–Crippen MR) is 90.9 cm³/mol. The van der Waals surface area contributed by atoms with Gasteiger partial charge in [0.25, 0.3) is 0 Å². The van der Waals surface area contributed by atoms with Crippen LogP contribution in [0.15, 0.2) is 48.5 Å². The lowest BCUT2D eigenvalue weighted by molar-refractivity contribution is -0.137. The number of ether oxygens (including phenoxy) is 1. The number of carbonyl (C=O) groups is 1. The molecule has 2 aromatic rings. The van der Waals surface area contributed by atoms with Gasteiger partial charge in [-0.05, 0) is 41.8 Å². The van der Waals surface area contributed by atoms with E-state index in [4.69, 9.17) is 9.84 Å². The normalized spacial score (nSPS) is 12.8. The van der Waals surface area contributed by atoms with Gasteiger partial charge in [0.2, 0.25) is 0 Å². The van der Waals surface area contributed by atoms with Crippen LogP contribution < -0.4 is 5.32 Å². The van der Waals surface area contributed by atoms with Gasteiger partial charge >= 0.3 is 12.1 Å². The second kappa shape index (κ2) is 8.82. The number of alkyl halides is 3. The molecule has 0 aromatic heterocycles. The van der Waals surface area contributed by atoms with Crippen molar-refractivity contribution in [1.29, 1.82) is 0 Å². The number of rotatable bonds is 8. The average Bonchev–Trinajstić information content (AvgIpc) is 2.61. The third-order valence-electron chi connectivity index (χ3n) is 3.95. The first kappa shape index (κ1) is 19.9. The van der Waals surface area contributed by atoms with E-state index in [9.17, 15) is 18.0 Å². The van der Waals surface area contributed by atoms with Crippen LogP contribution in [-0.2, 0) is 17.5 Å². The molecular weight excluding hydrogens is 347 g/mol. The van der Waals surface area contributed by atoms with Crippen LogP contribution in [0, 0.1) is 0 Å². The largest absolute Gasteiger partial charge is 0.478 e. The molecule has 0 amide bonds. The first-order chi connectivity index (χ1) is 12.3. The van der Waals surface area contributed by atoms with Gasteiger partial charge in [-0.3, -0.25) is 0 Å². The molecule has 7 heteroatoms. The van der Waals surface area contributed by atoms with E-state index >= 15 is 0 Å². The Morgan fingerprint density at radius 2 is 1.92 bits per heavy atom. The second-order valence-electron chi connectivity index (χ2n) is 5.84. The van der Waals surface area contributed by atoms with Gasteiger partial charge in [-0.1, -0.05) is 24.3 Å². The Labute approximate surface area is 149 Å². The van der Waals surface area contributed by atoms with Crippen molar-refractivity contribution < 1.29 is 27.8 Å². The minimum atomic E-state index is -4.41. The van der Waals surface area contributed by atoms with Crippen molar-refractivity contribution in [3.63, 3.8) is 0 Å². The summed E-state index contributed by atoms with van der Waals surface area (Å²) in [5, 5.41) is 12.2. The summed E-state index contributed by atoms with van der Waals surface area (Å²) in [5.74, 6) is -1.03. The standard InChI is InChI=1S/C19H20F3NO3/c1-26-9-8-17(14-5-3-7-16(11-14)19(20,21)22)23-12-13-4-2-6-15(10-13)18(24)25/h2-7,10-11,17,23H,8-9,12H2,1H3,(H,24,25). The summed E-state index contributed by atoms with van der Waals surface area (Å²) < 4.78 is 43.9. The minimum absolute atomic E-state index is 0.164. The molecule has 0 saturated heterocycles. The molecule has 0 aliphatic heterocycles. The third kappa shape index (κ3) is 5.57. The van der Waals surface area contributed by atoms with E-state index in [1.807, 2.05) is 0 Å². The third-order valence-corrected chi connectivity index (χ3v) is 3.95. The number of benzene rings is 2. The molecule has 1 unspecified atom stereocenters. The van der Waals surface area contributed by atoms with Gasteiger partial charge in [0, 0.05) is 26.3 Å². The molecule has 0 fully saturated rings. The highest BCUT2D eigenvalue weighted by molar-refractivity contribution is 5.87. The average molecular weight is 367 g/mol. The molecule has 140 valence electrons. The zero-order valence-corrected chi connectivity index (χ0v) is 14.2. The summed E-state index contributed by atoms with van der Waals surface area (Å²) in [6, 6.07) is 11.2. The van der Waals surface area contributed by atoms with Gasteiger partial charge in [-0.25, -0.2) is 4.79 Å². The maximum absolute atomic E-state index is 13.0. The monoisotopic (exact) mass is 367 g/mol. The molecule has 2 aromatic carbocycles. The van der Waals surface area contributed by atoms with E-state index in [-0.39, 0.29) is 11.6 Å². The van der Waals surface area contributed by atoms with Crippen molar-refractivity contribution >= 4 is 5.97 Å². The molecule has 0 radical (unpaired) electrons. The number of carboxylic acid groups (broad SMARTS) is 1. The predicted octanol–water partition coefficient (Wildman–Crippen LogP) is 4.27. The number of methoxy groups -OCH3 is 1. The van der Waals surface area contributed by atoms with Gasteiger partial charge in [-0.2, -0.15) is 13.2 Å². The topological polar surface area (TPSA) is 58.6 Å². The Balaban J connectivity index is 2.17. The minimum Gasteiger partial charge on any atom is -0.478 e. The van der Waals surface area contributed by atoms with E-state index in [0.717, 1.165) is 17.7 Å². The zero-order valence-electron chi connectivity index (χ0n) is 14.2. The highest BCUT2D eigenvalue weighted by Gasteiger charge is 2.30. The van der Waals surface area contributed by atoms with Crippen LogP contribution >= 0.6 is 0 Å². The van der Waals surface area contributed by atoms with Gasteiger partial charge in [-0.15, -0.1) is 0 Å². The highest BCUT2D eigenvalue weighted by atomic mass is 19.4. The van der Waals surface area contributed by atoms with E-state index in [1.165, 1.54) is 25.3 Å². The number of hydrogen-bond acceptors (Lipinski definition) is 3. The first-order valence-electron chi connectivity index (χ1n) is 8.03. The molecule has 0 bridgehead atoms.